The highest BCUT2D eigenvalue weighted by molar-refractivity contribution is 8.00. The Morgan fingerprint density at radius 2 is 1.96 bits per heavy atom. The molecule has 0 aliphatic rings. The van der Waals surface area contributed by atoms with Gasteiger partial charge in [0.1, 0.15) is 5.82 Å². The van der Waals surface area contributed by atoms with Crippen molar-refractivity contribution in [2.75, 3.05) is 11.1 Å². The first kappa shape index (κ1) is 18.0. The van der Waals surface area contributed by atoms with E-state index in [1.807, 2.05) is 49.4 Å². The van der Waals surface area contributed by atoms with Gasteiger partial charge < -0.3 is 11.1 Å². The number of nitrogens with two attached hydrogens (primary N) is 1. The molecule has 0 amide bonds. The fraction of sp³-hybridized carbons (Fsp3) is 0.111. The highest BCUT2D eigenvalue weighted by Gasteiger charge is 2.10. The molecule has 0 fully saturated rings. The van der Waals surface area contributed by atoms with Gasteiger partial charge in [0.05, 0.1) is 16.0 Å². The van der Waals surface area contributed by atoms with Crippen LogP contribution < -0.4 is 11.1 Å². The van der Waals surface area contributed by atoms with Gasteiger partial charge in [-0.15, -0.1) is 11.3 Å². The average Bonchev–Trinajstić information content (AvgIpc) is 3.03. The predicted molar refractivity (Wildman–Crippen MR) is 113 cm³/mol. The fourth-order valence-corrected chi connectivity index (χ4v) is 4.53. The normalized spacial score (nSPS) is 11.0. The summed E-state index contributed by atoms with van der Waals surface area (Å²) in [6.07, 6.45) is 0. The van der Waals surface area contributed by atoms with Crippen LogP contribution in [0.2, 0.25) is 5.02 Å². The molecule has 3 N–H and O–H groups in total. The van der Waals surface area contributed by atoms with Crippen molar-refractivity contribution in [1.82, 2.24) is 19.9 Å². The number of para-hydroxylation sites is 1. The highest BCUT2D eigenvalue weighted by atomic mass is 35.5. The molecule has 0 saturated carbocycles. The van der Waals surface area contributed by atoms with Crippen molar-refractivity contribution in [2.24, 2.45) is 0 Å². The quantitative estimate of drug-likeness (QED) is 0.441. The van der Waals surface area contributed by atoms with Crippen LogP contribution in [-0.4, -0.2) is 19.9 Å². The zero-order chi connectivity index (χ0) is 18.8. The van der Waals surface area contributed by atoms with Crippen molar-refractivity contribution in [2.45, 2.75) is 17.0 Å². The van der Waals surface area contributed by atoms with E-state index < -0.39 is 0 Å². The Hall–Kier alpha value is -2.42. The molecule has 0 unspecified atom stereocenters. The van der Waals surface area contributed by atoms with Crippen molar-refractivity contribution in [3.63, 3.8) is 0 Å². The smallest absolute Gasteiger partial charge is 0.232 e. The van der Waals surface area contributed by atoms with Crippen LogP contribution in [-0.2, 0) is 5.75 Å². The topological polar surface area (TPSA) is 89.6 Å². The van der Waals surface area contributed by atoms with Gasteiger partial charge in [-0.1, -0.05) is 41.6 Å². The molecule has 2 aromatic heterocycles. The lowest BCUT2D eigenvalue weighted by Crippen LogP contribution is -2.07. The van der Waals surface area contributed by atoms with Crippen LogP contribution in [0, 0.1) is 6.92 Å². The van der Waals surface area contributed by atoms with Crippen LogP contribution in [0.1, 0.15) is 11.4 Å². The van der Waals surface area contributed by atoms with E-state index in [1.165, 1.54) is 0 Å². The first-order chi connectivity index (χ1) is 13.1. The lowest BCUT2D eigenvalue weighted by molar-refractivity contribution is 0.981. The summed E-state index contributed by atoms with van der Waals surface area (Å²) in [5.41, 5.74) is 8.79. The molecule has 6 nitrogen and oxygen atoms in total. The van der Waals surface area contributed by atoms with Crippen LogP contribution in [0.15, 0.2) is 46.8 Å². The molecule has 27 heavy (non-hydrogen) atoms. The van der Waals surface area contributed by atoms with Gasteiger partial charge in [-0.05, 0) is 36.8 Å². The minimum Gasteiger partial charge on any atom is -0.368 e. The summed E-state index contributed by atoms with van der Waals surface area (Å²) in [5, 5.41) is 3.88. The van der Waals surface area contributed by atoms with Gasteiger partial charge in [0.15, 0.2) is 4.34 Å². The summed E-state index contributed by atoms with van der Waals surface area (Å²) in [4.78, 5) is 17.5. The number of nitrogens with one attached hydrogen (secondary N) is 1. The second kappa shape index (κ2) is 7.67. The van der Waals surface area contributed by atoms with E-state index >= 15 is 0 Å². The monoisotopic (exact) mass is 414 g/mol. The lowest BCUT2D eigenvalue weighted by atomic mass is 10.2. The number of hydrogen-bond donors (Lipinski definition) is 2. The third-order valence-electron chi connectivity index (χ3n) is 3.75. The van der Waals surface area contributed by atoms with E-state index in [0.29, 0.717) is 22.5 Å². The van der Waals surface area contributed by atoms with Crippen LogP contribution in [0.3, 0.4) is 0 Å². The Kier molecular flexibility index (Phi) is 5.11. The zero-order valence-corrected chi connectivity index (χ0v) is 16.7. The SMILES string of the molecule is Cc1ccccc1Nc1nc(N)nc(CSc2nc3cc(Cl)ccc3s2)n1. The standard InChI is InChI=1S/C18H15ClN6S2/c1-10-4-2-3-5-12(10)21-17-24-15(23-16(20)25-17)9-26-18-22-13-8-11(19)6-7-14(13)27-18/h2-8H,9H2,1H3,(H3,20,21,23,24,25). The maximum atomic E-state index is 6.02. The summed E-state index contributed by atoms with van der Waals surface area (Å²) in [6, 6.07) is 13.6. The maximum Gasteiger partial charge on any atom is 0.232 e. The first-order valence-electron chi connectivity index (χ1n) is 8.09. The minimum absolute atomic E-state index is 0.188. The summed E-state index contributed by atoms with van der Waals surface area (Å²) >= 11 is 9.20. The van der Waals surface area contributed by atoms with E-state index in [9.17, 15) is 0 Å². The largest absolute Gasteiger partial charge is 0.368 e. The summed E-state index contributed by atoms with van der Waals surface area (Å²) in [6.45, 7) is 2.02. The number of halogens is 1. The molecular weight excluding hydrogens is 400 g/mol. The van der Waals surface area contributed by atoms with Crippen molar-refractivity contribution >= 4 is 62.5 Å². The lowest BCUT2D eigenvalue weighted by Gasteiger charge is -2.09. The predicted octanol–water partition coefficient (Wildman–Crippen LogP) is 5.06. The van der Waals surface area contributed by atoms with Crippen molar-refractivity contribution in [1.29, 1.82) is 0 Å². The second-order valence-electron chi connectivity index (χ2n) is 5.75. The van der Waals surface area contributed by atoms with Crippen LogP contribution in [0.25, 0.3) is 10.2 Å². The van der Waals surface area contributed by atoms with Gasteiger partial charge in [0.25, 0.3) is 0 Å². The zero-order valence-electron chi connectivity index (χ0n) is 14.3. The maximum absolute atomic E-state index is 6.02. The molecule has 2 heterocycles. The summed E-state index contributed by atoms with van der Waals surface area (Å²) in [7, 11) is 0. The van der Waals surface area contributed by atoms with Crippen LogP contribution in [0.4, 0.5) is 17.6 Å². The highest BCUT2D eigenvalue weighted by Crippen LogP contribution is 2.32. The van der Waals surface area contributed by atoms with Gasteiger partial charge in [-0.25, -0.2) is 4.98 Å². The van der Waals surface area contributed by atoms with Crippen molar-refractivity contribution < 1.29 is 0 Å². The molecule has 4 aromatic rings. The Bertz CT molecular complexity index is 1110. The van der Waals surface area contributed by atoms with Gasteiger partial charge in [-0.3, -0.25) is 0 Å². The van der Waals surface area contributed by atoms with Crippen molar-refractivity contribution in [3.05, 3.63) is 58.9 Å². The summed E-state index contributed by atoms with van der Waals surface area (Å²) < 4.78 is 2.03. The first-order valence-corrected chi connectivity index (χ1v) is 10.3. The van der Waals surface area contributed by atoms with Gasteiger partial charge in [-0.2, -0.15) is 15.0 Å². The number of anilines is 3. The Labute approximate surface area is 169 Å². The number of hydrogen-bond acceptors (Lipinski definition) is 8. The average molecular weight is 415 g/mol. The van der Waals surface area contributed by atoms with Gasteiger partial charge in [0, 0.05) is 10.7 Å². The molecule has 0 aliphatic carbocycles. The fourth-order valence-electron chi connectivity index (χ4n) is 2.46. The molecule has 136 valence electrons. The Balaban J connectivity index is 1.51. The molecule has 0 spiro atoms. The number of benzene rings is 2. The molecule has 4 rings (SSSR count). The number of aromatic nitrogens is 4. The van der Waals surface area contributed by atoms with Gasteiger partial charge >= 0.3 is 0 Å². The van der Waals surface area contributed by atoms with Crippen LogP contribution in [0.5, 0.6) is 0 Å². The molecule has 2 aromatic carbocycles. The Morgan fingerprint density at radius 1 is 1.11 bits per heavy atom. The molecular formula is C18H15ClN6S2. The Morgan fingerprint density at radius 3 is 2.81 bits per heavy atom. The number of fused-ring (bicyclic) bond motifs is 1. The second-order valence-corrected chi connectivity index (χ2v) is 8.44. The third kappa shape index (κ3) is 4.29. The number of aryl methyl sites for hydroxylation is 1. The molecule has 0 radical (unpaired) electrons. The number of thioether (sulfide) groups is 1. The van der Waals surface area contributed by atoms with E-state index in [4.69, 9.17) is 17.3 Å². The van der Waals surface area contributed by atoms with Crippen molar-refractivity contribution in [3.8, 4) is 0 Å². The number of nitrogen functional groups attached to an aromatic ring is 1. The van der Waals surface area contributed by atoms with Gasteiger partial charge in [0.2, 0.25) is 11.9 Å². The number of thiazole rings is 1. The molecule has 0 saturated heterocycles. The summed E-state index contributed by atoms with van der Waals surface area (Å²) in [5.74, 6) is 1.76. The van der Waals surface area contributed by atoms with E-state index in [0.717, 1.165) is 25.8 Å². The van der Waals surface area contributed by atoms with E-state index in [2.05, 4.69) is 25.3 Å². The molecule has 0 atom stereocenters. The number of rotatable bonds is 5. The van der Waals surface area contributed by atoms with E-state index in [-0.39, 0.29) is 5.95 Å². The minimum atomic E-state index is 0.188. The third-order valence-corrected chi connectivity index (χ3v) is 6.16. The number of nitrogens with zero attached hydrogens (tertiary/aromatic N) is 4. The van der Waals surface area contributed by atoms with Crippen LogP contribution >= 0.6 is 34.7 Å². The molecule has 9 heteroatoms. The van der Waals surface area contributed by atoms with E-state index in [1.54, 1.807) is 23.1 Å². The molecule has 0 bridgehead atoms. The molecule has 0 aliphatic heterocycles.